The van der Waals surface area contributed by atoms with Crippen LogP contribution in [0.25, 0.3) is 11.3 Å². The summed E-state index contributed by atoms with van der Waals surface area (Å²) < 4.78 is 32.8. The van der Waals surface area contributed by atoms with Crippen molar-refractivity contribution in [1.82, 2.24) is 20.3 Å². The predicted molar refractivity (Wildman–Crippen MR) is 112 cm³/mol. The maximum Gasteiger partial charge on any atom is 0.289 e. The highest BCUT2D eigenvalue weighted by Crippen LogP contribution is 2.31. The molecule has 1 N–H and O–H groups in total. The Morgan fingerprint density at radius 2 is 1.88 bits per heavy atom. The van der Waals surface area contributed by atoms with Crippen LogP contribution < -0.4 is 15.0 Å². The lowest BCUT2D eigenvalue weighted by atomic mass is 10.1. The number of likely N-dealkylation sites (N-methyl/N-ethyl adjacent to an activating group) is 1. The van der Waals surface area contributed by atoms with Crippen molar-refractivity contribution >= 4 is 40.8 Å². The molecule has 1 aliphatic heterocycles. The standard InChI is InChI=1S/C20H13Cl2F2N5O3/c1-29-18-15(4-10(21)6-26-18)32-8-14(20(29)31)27-19(30)17-25-7-13(22)16(28-17)9-2-11(23)5-12(24)3-9/h2-7,14H,8H2,1H3,(H,27,30)/t14-/m0/s1. The molecule has 1 atom stereocenters. The van der Waals surface area contributed by atoms with Crippen LogP contribution in [0.1, 0.15) is 10.6 Å². The van der Waals surface area contributed by atoms with Crippen LogP contribution in [0.15, 0.2) is 36.7 Å². The third-order valence-corrected chi connectivity index (χ3v) is 5.02. The Balaban J connectivity index is 1.59. The van der Waals surface area contributed by atoms with Crippen LogP contribution in [0.3, 0.4) is 0 Å². The number of halogens is 4. The van der Waals surface area contributed by atoms with Gasteiger partial charge in [0, 0.05) is 30.9 Å². The lowest BCUT2D eigenvalue weighted by Crippen LogP contribution is -2.49. The molecule has 2 aromatic heterocycles. The number of nitrogens with zero attached hydrogens (tertiary/aromatic N) is 4. The molecule has 0 spiro atoms. The number of anilines is 1. The van der Waals surface area contributed by atoms with Crippen LogP contribution in [0.5, 0.6) is 5.75 Å². The number of rotatable bonds is 3. The van der Waals surface area contributed by atoms with Gasteiger partial charge in [-0.25, -0.2) is 23.7 Å². The lowest BCUT2D eigenvalue weighted by molar-refractivity contribution is -0.120. The molecule has 3 heterocycles. The van der Waals surface area contributed by atoms with Crippen LogP contribution in [-0.4, -0.2) is 46.5 Å². The second-order valence-corrected chi connectivity index (χ2v) is 7.60. The average Bonchev–Trinajstić information content (AvgIpc) is 2.85. The summed E-state index contributed by atoms with van der Waals surface area (Å²) in [7, 11) is 1.48. The van der Waals surface area contributed by atoms with E-state index in [0.29, 0.717) is 11.1 Å². The quantitative estimate of drug-likeness (QED) is 0.618. The van der Waals surface area contributed by atoms with E-state index >= 15 is 0 Å². The van der Waals surface area contributed by atoms with Crippen LogP contribution in [0.2, 0.25) is 10.0 Å². The summed E-state index contributed by atoms with van der Waals surface area (Å²) in [5.41, 5.74) is -0.0204. The summed E-state index contributed by atoms with van der Waals surface area (Å²) in [5.74, 6) is -2.80. The van der Waals surface area contributed by atoms with Crippen LogP contribution in [0, 0.1) is 11.6 Å². The van der Waals surface area contributed by atoms with E-state index in [4.69, 9.17) is 27.9 Å². The molecular formula is C20H13Cl2F2N5O3. The first-order valence-electron chi connectivity index (χ1n) is 9.08. The van der Waals surface area contributed by atoms with Gasteiger partial charge in [-0.05, 0) is 12.1 Å². The van der Waals surface area contributed by atoms with Crippen LogP contribution in [-0.2, 0) is 4.79 Å². The molecule has 1 aromatic carbocycles. The fourth-order valence-electron chi connectivity index (χ4n) is 3.05. The van der Waals surface area contributed by atoms with Crippen LogP contribution >= 0.6 is 23.2 Å². The van der Waals surface area contributed by atoms with Gasteiger partial charge in [-0.3, -0.25) is 14.5 Å². The highest BCUT2D eigenvalue weighted by Gasteiger charge is 2.32. The van der Waals surface area contributed by atoms with E-state index in [1.54, 1.807) is 0 Å². The monoisotopic (exact) mass is 479 g/mol. The van der Waals surface area contributed by atoms with Crippen molar-refractivity contribution in [1.29, 1.82) is 0 Å². The van der Waals surface area contributed by atoms with Gasteiger partial charge in [0.15, 0.2) is 11.6 Å². The summed E-state index contributed by atoms with van der Waals surface area (Å²) in [4.78, 5) is 38.7. The largest absolute Gasteiger partial charge is 0.487 e. The van der Waals surface area contributed by atoms with Crippen LogP contribution in [0.4, 0.5) is 14.6 Å². The third-order valence-electron chi connectivity index (χ3n) is 4.54. The summed E-state index contributed by atoms with van der Waals surface area (Å²) in [6.07, 6.45) is 2.49. The van der Waals surface area contributed by atoms with E-state index in [2.05, 4.69) is 20.3 Å². The maximum absolute atomic E-state index is 13.6. The number of hydrogen-bond acceptors (Lipinski definition) is 6. The fraction of sp³-hybridized carbons (Fsp3) is 0.150. The minimum atomic E-state index is -1.09. The Morgan fingerprint density at radius 3 is 2.59 bits per heavy atom. The minimum Gasteiger partial charge on any atom is -0.487 e. The second-order valence-electron chi connectivity index (χ2n) is 6.76. The predicted octanol–water partition coefficient (Wildman–Crippen LogP) is 3.28. The Bertz CT molecular complexity index is 1220. The Hall–Kier alpha value is -3.37. The third kappa shape index (κ3) is 4.32. The molecule has 0 aliphatic carbocycles. The molecule has 1 aliphatic rings. The molecule has 0 radical (unpaired) electrons. The number of benzene rings is 1. The van der Waals surface area contributed by atoms with Crippen molar-refractivity contribution in [2.75, 3.05) is 18.6 Å². The molecule has 0 saturated carbocycles. The highest BCUT2D eigenvalue weighted by molar-refractivity contribution is 6.33. The second kappa shape index (κ2) is 8.64. The van der Waals surface area contributed by atoms with Gasteiger partial charge in [-0.15, -0.1) is 0 Å². The highest BCUT2D eigenvalue weighted by atomic mass is 35.5. The van der Waals surface area contributed by atoms with Gasteiger partial charge in [0.1, 0.15) is 24.3 Å². The molecule has 8 nitrogen and oxygen atoms in total. The lowest BCUT2D eigenvalue weighted by Gasteiger charge is -2.19. The molecule has 164 valence electrons. The van der Waals surface area contributed by atoms with Gasteiger partial charge < -0.3 is 10.1 Å². The Labute approximate surface area is 190 Å². The van der Waals surface area contributed by atoms with Crippen molar-refractivity contribution in [3.63, 3.8) is 0 Å². The van der Waals surface area contributed by atoms with E-state index in [-0.39, 0.29) is 40.3 Å². The zero-order chi connectivity index (χ0) is 23.0. The number of ether oxygens (including phenoxy) is 1. The fourth-order valence-corrected chi connectivity index (χ4v) is 3.40. The van der Waals surface area contributed by atoms with Crippen molar-refractivity contribution in [3.05, 3.63) is 64.2 Å². The zero-order valence-electron chi connectivity index (χ0n) is 16.3. The first kappa shape index (κ1) is 21.8. The SMILES string of the molecule is CN1C(=O)[C@@H](NC(=O)c2ncc(Cl)c(-c3cc(F)cc(F)c3)n2)COc2cc(Cl)cnc21. The van der Waals surface area contributed by atoms with Crippen molar-refractivity contribution < 1.29 is 23.1 Å². The van der Waals surface area contributed by atoms with Gasteiger partial charge in [0.05, 0.1) is 21.9 Å². The van der Waals surface area contributed by atoms with E-state index in [0.717, 1.165) is 18.3 Å². The molecule has 3 aromatic rings. The van der Waals surface area contributed by atoms with Crippen molar-refractivity contribution in [2.45, 2.75) is 6.04 Å². The normalized spacial score (nSPS) is 15.6. The number of hydrogen-bond donors (Lipinski definition) is 1. The molecular weight excluding hydrogens is 467 g/mol. The molecule has 0 fully saturated rings. The van der Waals surface area contributed by atoms with Gasteiger partial charge in [-0.1, -0.05) is 23.2 Å². The van der Waals surface area contributed by atoms with E-state index < -0.39 is 29.5 Å². The number of aromatic nitrogens is 3. The topological polar surface area (TPSA) is 97.3 Å². The summed E-state index contributed by atoms with van der Waals surface area (Å²) in [5, 5.41) is 2.80. The Morgan fingerprint density at radius 1 is 1.16 bits per heavy atom. The number of amides is 2. The van der Waals surface area contributed by atoms with E-state index in [9.17, 15) is 18.4 Å². The van der Waals surface area contributed by atoms with Crippen molar-refractivity contribution in [2.24, 2.45) is 0 Å². The molecule has 4 rings (SSSR count). The molecule has 12 heteroatoms. The molecule has 32 heavy (non-hydrogen) atoms. The summed E-state index contributed by atoms with van der Waals surface area (Å²) in [6, 6.07) is 3.15. The summed E-state index contributed by atoms with van der Waals surface area (Å²) in [6.45, 7) is -0.195. The van der Waals surface area contributed by atoms with Gasteiger partial charge in [0.2, 0.25) is 5.82 Å². The molecule has 0 bridgehead atoms. The Kier molecular flexibility index (Phi) is 5.90. The smallest absolute Gasteiger partial charge is 0.289 e. The number of nitrogens with one attached hydrogen (secondary N) is 1. The molecule has 0 unspecified atom stereocenters. The van der Waals surface area contributed by atoms with E-state index in [1.807, 2.05) is 0 Å². The number of carbonyl (C=O) groups excluding carboxylic acids is 2. The number of fused-ring (bicyclic) bond motifs is 1. The van der Waals surface area contributed by atoms with Gasteiger partial charge in [0.25, 0.3) is 11.8 Å². The minimum absolute atomic E-state index is 0.0152. The molecule has 2 amide bonds. The van der Waals surface area contributed by atoms with E-state index in [1.165, 1.54) is 24.2 Å². The maximum atomic E-state index is 13.6. The molecule has 0 saturated heterocycles. The first-order valence-corrected chi connectivity index (χ1v) is 9.84. The van der Waals surface area contributed by atoms with Gasteiger partial charge in [-0.2, -0.15) is 0 Å². The average molecular weight is 480 g/mol. The summed E-state index contributed by atoms with van der Waals surface area (Å²) >= 11 is 12.0. The zero-order valence-corrected chi connectivity index (χ0v) is 17.8. The van der Waals surface area contributed by atoms with Gasteiger partial charge >= 0.3 is 0 Å². The number of carbonyl (C=O) groups is 2. The van der Waals surface area contributed by atoms with Crippen molar-refractivity contribution in [3.8, 4) is 17.0 Å². The number of pyridine rings is 1. The first-order chi connectivity index (χ1) is 15.2.